The minimum atomic E-state index is -2.79. The average Bonchev–Trinajstić information content (AvgIpc) is 2.76. The molecule has 0 aliphatic carbocycles. The van der Waals surface area contributed by atoms with Crippen LogP contribution in [0.3, 0.4) is 0 Å². The minimum absolute atomic E-state index is 0.000934. The Morgan fingerprint density at radius 2 is 2.10 bits per heavy atom. The zero-order chi connectivity index (χ0) is 15.6. The number of halogens is 4. The lowest BCUT2D eigenvalue weighted by molar-refractivity contribution is 0.0568. The topological polar surface area (TPSA) is 59.0 Å². The second-order valence-electron chi connectivity index (χ2n) is 4.13. The number of hydrogen-bond donors (Lipinski definition) is 2. The number of urea groups is 1. The molecule has 2 aromatic rings. The van der Waals surface area contributed by atoms with Crippen molar-refractivity contribution < 1.29 is 18.0 Å². The van der Waals surface area contributed by atoms with Gasteiger partial charge in [0, 0.05) is 17.4 Å². The molecule has 0 saturated carbocycles. The van der Waals surface area contributed by atoms with Crippen molar-refractivity contribution in [1.29, 1.82) is 0 Å². The van der Waals surface area contributed by atoms with Crippen molar-refractivity contribution in [2.75, 3.05) is 10.6 Å². The normalized spacial score (nSPS) is 10.8. The fraction of sp³-hybridized carbons (Fsp3) is 0.167. The van der Waals surface area contributed by atoms with Crippen LogP contribution in [0.1, 0.15) is 12.1 Å². The van der Waals surface area contributed by atoms with Crippen LogP contribution >= 0.6 is 11.6 Å². The number of nitrogens with one attached hydrogen (secondary N) is 2. The van der Waals surface area contributed by atoms with E-state index in [4.69, 9.17) is 11.6 Å². The van der Waals surface area contributed by atoms with E-state index in [1.54, 1.807) is 0 Å². The Balaban J connectivity index is 2.06. The highest BCUT2D eigenvalue weighted by molar-refractivity contribution is 6.31. The van der Waals surface area contributed by atoms with Gasteiger partial charge in [0.1, 0.15) is 5.82 Å². The quantitative estimate of drug-likeness (QED) is 0.898. The number of rotatable bonds is 3. The molecule has 1 aromatic heterocycles. The molecule has 0 saturated heterocycles. The summed E-state index contributed by atoms with van der Waals surface area (Å²) in [6.45, 7) is -1.27. The Morgan fingerprint density at radius 1 is 1.38 bits per heavy atom. The second kappa shape index (κ2) is 6.04. The molecule has 0 aliphatic heterocycles. The smallest absolute Gasteiger partial charge is 0.308 e. The largest absolute Gasteiger partial charge is 0.333 e. The van der Waals surface area contributed by atoms with E-state index in [0.29, 0.717) is 10.2 Å². The van der Waals surface area contributed by atoms with Crippen LogP contribution in [0.2, 0.25) is 5.02 Å². The van der Waals surface area contributed by atoms with E-state index in [1.165, 1.54) is 19.1 Å². The summed E-state index contributed by atoms with van der Waals surface area (Å²) in [5.74, 6) is -0.616. The van der Waals surface area contributed by atoms with Crippen molar-refractivity contribution in [2.24, 2.45) is 0 Å². The first-order valence-corrected chi connectivity index (χ1v) is 6.11. The number of alkyl halides is 2. The van der Waals surface area contributed by atoms with Gasteiger partial charge in [0.05, 0.1) is 5.02 Å². The molecule has 0 atom stereocenters. The number of anilines is 2. The minimum Gasteiger partial charge on any atom is -0.308 e. The molecule has 1 heterocycles. The maximum absolute atomic E-state index is 13.0. The van der Waals surface area contributed by atoms with E-state index >= 15 is 0 Å². The maximum Gasteiger partial charge on any atom is 0.333 e. The summed E-state index contributed by atoms with van der Waals surface area (Å²) in [5.41, 5.74) is 0.632. The summed E-state index contributed by atoms with van der Waals surface area (Å²) in [6, 6.07) is 2.92. The zero-order valence-corrected chi connectivity index (χ0v) is 11.5. The van der Waals surface area contributed by atoms with Crippen molar-refractivity contribution in [3.63, 3.8) is 0 Å². The first kappa shape index (κ1) is 15.2. The van der Waals surface area contributed by atoms with E-state index < -0.39 is 18.4 Å². The predicted molar refractivity (Wildman–Crippen MR) is 72.3 cm³/mol. The highest BCUT2D eigenvalue weighted by Gasteiger charge is 2.13. The molecule has 9 heteroatoms. The van der Waals surface area contributed by atoms with Gasteiger partial charge in [-0.1, -0.05) is 11.6 Å². The van der Waals surface area contributed by atoms with E-state index in [0.717, 1.165) is 12.3 Å². The third-order valence-electron chi connectivity index (χ3n) is 2.52. The molecule has 5 nitrogen and oxygen atoms in total. The molecule has 0 bridgehead atoms. The summed E-state index contributed by atoms with van der Waals surface area (Å²) < 4.78 is 38.3. The molecule has 2 amide bonds. The fourth-order valence-corrected chi connectivity index (χ4v) is 1.73. The van der Waals surface area contributed by atoms with Crippen molar-refractivity contribution in [1.82, 2.24) is 9.78 Å². The maximum atomic E-state index is 13.0. The summed E-state index contributed by atoms with van der Waals surface area (Å²) in [7, 11) is 0. The van der Waals surface area contributed by atoms with Crippen LogP contribution < -0.4 is 10.6 Å². The molecule has 1 aromatic carbocycles. The number of benzene rings is 1. The number of amides is 2. The van der Waals surface area contributed by atoms with Gasteiger partial charge in [-0.25, -0.2) is 13.9 Å². The standard InChI is InChI=1S/C12H10ClF3N4O/c1-6-5-20(11(15)16)19-10(6)18-12(21)17-7-2-3-9(14)8(13)4-7/h2-5,11H,1H3,(H2,17,18,19,21). The molecule has 0 spiro atoms. The van der Waals surface area contributed by atoms with Crippen molar-refractivity contribution in [3.05, 3.63) is 40.8 Å². The number of hydrogen-bond acceptors (Lipinski definition) is 2. The molecular formula is C12H10ClF3N4O. The van der Waals surface area contributed by atoms with Crippen LogP contribution in [-0.4, -0.2) is 15.8 Å². The third-order valence-corrected chi connectivity index (χ3v) is 2.81. The Hall–Kier alpha value is -2.22. The van der Waals surface area contributed by atoms with E-state index in [9.17, 15) is 18.0 Å². The molecule has 0 aliphatic rings. The van der Waals surface area contributed by atoms with Crippen molar-refractivity contribution in [3.8, 4) is 0 Å². The molecule has 2 N–H and O–H groups in total. The number of aryl methyl sites for hydroxylation is 1. The van der Waals surface area contributed by atoms with Gasteiger partial charge in [0.25, 0.3) is 0 Å². The van der Waals surface area contributed by atoms with Crippen molar-refractivity contribution >= 4 is 29.1 Å². The van der Waals surface area contributed by atoms with Gasteiger partial charge in [-0.2, -0.15) is 8.78 Å². The number of carbonyl (C=O) groups is 1. The lowest BCUT2D eigenvalue weighted by atomic mass is 10.3. The predicted octanol–water partition coefficient (Wildman–Crippen LogP) is 4.02. The van der Waals surface area contributed by atoms with Gasteiger partial charge >= 0.3 is 12.6 Å². The van der Waals surface area contributed by atoms with Gasteiger partial charge in [-0.3, -0.25) is 5.32 Å². The number of aromatic nitrogens is 2. The summed E-state index contributed by atoms with van der Waals surface area (Å²) in [5, 5.41) is 8.09. The van der Waals surface area contributed by atoms with Crippen LogP contribution in [0.25, 0.3) is 0 Å². The summed E-state index contributed by atoms with van der Waals surface area (Å²) in [4.78, 5) is 11.7. The van der Waals surface area contributed by atoms with E-state index in [2.05, 4.69) is 15.7 Å². The fourth-order valence-electron chi connectivity index (χ4n) is 1.55. The first-order valence-electron chi connectivity index (χ1n) is 5.74. The van der Waals surface area contributed by atoms with E-state index in [1.807, 2.05) is 0 Å². The van der Waals surface area contributed by atoms with Gasteiger partial charge in [-0.05, 0) is 25.1 Å². The number of carbonyl (C=O) groups excluding carboxylic acids is 1. The third kappa shape index (κ3) is 3.66. The van der Waals surface area contributed by atoms with Crippen LogP contribution in [0.15, 0.2) is 24.4 Å². The zero-order valence-electron chi connectivity index (χ0n) is 10.7. The Morgan fingerprint density at radius 3 is 2.67 bits per heavy atom. The molecule has 0 radical (unpaired) electrons. The Kier molecular flexibility index (Phi) is 4.37. The molecule has 112 valence electrons. The molecule has 0 fully saturated rings. The van der Waals surface area contributed by atoms with Crippen LogP contribution in [0.4, 0.5) is 29.5 Å². The molecule has 0 unspecified atom stereocenters. The lowest BCUT2D eigenvalue weighted by Crippen LogP contribution is -2.20. The lowest BCUT2D eigenvalue weighted by Gasteiger charge is -2.07. The van der Waals surface area contributed by atoms with E-state index in [-0.39, 0.29) is 16.5 Å². The SMILES string of the molecule is Cc1cn(C(F)F)nc1NC(=O)Nc1ccc(F)c(Cl)c1. The van der Waals surface area contributed by atoms with Gasteiger partial charge in [0.2, 0.25) is 0 Å². The average molecular weight is 319 g/mol. The van der Waals surface area contributed by atoms with Gasteiger partial charge in [-0.15, -0.1) is 5.10 Å². The Labute approximate surface area is 122 Å². The highest BCUT2D eigenvalue weighted by Crippen LogP contribution is 2.20. The first-order chi connectivity index (χ1) is 9.86. The number of nitrogens with zero attached hydrogens (tertiary/aromatic N) is 2. The van der Waals surface area contributed by atoms with Gasteiger partial charge < -0.3 is 5.32 Å². The van der Waals surface area contributed by atoms with Crippen molar-refractivity contribution in [2.45, 2.75) is 13.5 Å². The van der Waals surface area contributed by atoms with Crippen LogP contribution in [-0.2, 0) is 0 Å². The highest BCUT2D eigenvalue weighted by atomic mass is 35.5. The summed E-state index contributed by atoms with van der Waals surface area (Å²) in [6.07, 6.45) is 1.11. The van der Waals surface area contributed by atoms with Crippen LogP contribution in [0.5, 0.6) is 0 Å². The van der Waals surface area contributed by atoms with Gasteiger partial charge in [0.15, 0.2) is 5.82 Å². The van der Waals surface area contributed by atoms with Crippen LogP contribution in [0, 0.1) is 12.7 Å². The molecule has 21 heavy (non-hydrogen) atoms. The molecule has 2 rings (SSSR count). The molecular weight excluding hydrogens is 309 g/mol. The summed E-state index contributed by atoms with van der Waals surface area (Å²) >= 11 is 5.58. The Bertz CT molecular complexity index is 675. The second-order valence-corrected chi connectivity index (χ2v) is 4.53. The monoisotopic (exact) mass is 318 g/mol.